The molecule has 2 rings (SSSR count). The van der Waals surface area contributed by atoms with E-state index in [-0.39, 0.29) is 11.9 Å². The maximum atomic E-state index is 14.1. The third-order valence-electron chi connectivity index (χ3n) is 3.52. The number of rotatable bonds is 4. The zero-order chi connectivity index (χ0) is 15.6. The molecule has 0 heterocycles. The minimum absolute atomic E-state index is 0.144. The molecule has 4 heteroatoms. The quantitative estimate of drug-likeness (QED) is 0.841. The summed E-state index contributed by atoms with van der Waals surface area (Å²) in [6.07, 6.45) is 0. The van der Waals surface area contributed by atoms with Crippen molar-refractivity contribution in [1.29, 1.82) is 0 Å². The molecule has 0 spiro atoms. The molecule has 1 N–H and O–H groups in total. The summed E-state index contributed by atoms with van der Waals surface area (Å²) in [4.78, 5) is 0. The zero-order valence-corrected chi connectivity index (χ0v) is 13.4. The highest BCUT2D eigenvalue weighted by Gasteiger charge is 2.17. The van der Waals surface area contributed by atoms with Gasteiger partial charge in [0.25, 0.3) is 0 Å². The van der Waals surface area contributed by atoms with Crippen molar-refractivity contribution < 1.29 is 9.13 Å². The maximum absolute atomic E-state index is 14.1. The van der Waals surface area contributed by atoms with E-state index < -0.39 is 0 Å². The van der Waals surface area contributed by atoms with Crippen LogP contribution in [0.3, 0.4) is 0 Å². The smallest absolute Gasteiger partial charge is 0.135 e. The van der Waals surface area contributed by atoms with E-state index in [1.165, 1.54) is 6.07 Å². The molecule has 0 radical (unpaired) electrons. The molecule has 0 aliphatic carbocycles. The molecule has 112 valence electrons. The Bertz CT molecular complexity index is 634. The predicted molar refractivity (Wildman–Crippen MR) is 84.9 cm³/mol. The number of benzene rings is 2. The van der Waals surface area contributed by atoms with Crippen LogP contribution in [0.1, 0.15) is 29.7 Å². The number of hydrogen-bond donors (Lipinski definition) is 1. The Morgan fingerprint density at radius 3 is 2.38 bits per heavy atom. The van der Waals surface area contributed by atoms with Crippen molar-refractivity contribution in [2.75, 3.05) is 7.05 Å². The largest absolute Gasteiger partial charge is 0.456 e. The normalized spacial score (nSPS) is 12.3. The standard InChI is InChI=1S/C17H19ClFNO/c1-10-8-13(18)9-11(2)17(10)21-15-7-5-6-14(19)16(15)12(3)20-4/h5-9,12,20H,1-4H3. The third kappa shape index (κ3) is 3.36. The summed E-state index contributed by atoms with van der Waals surface area (Å²) in [6.45, 7) is 5.75. The molecule has 21 heavy (non-hydrogen) atoms. The number of aryl methyl sites for hydroxylation is 2. The number of nitrogens with one attached hydrogen (secondary N) is 1. The van der Waals surface area contributed by atoms with Crippen molar-refractivity contribution in [1.82, 2.24) is 5.32 Å². The minimum Gasteiger partial charge on any atom is -0.456 e. The molecule has 2 aromatic rings. The van der Waals surface area contributed by atoms with Crippen LogP contribution in [0.5, 0.6) is 11.5 Å². The van der Waals surface area contributed by atoms with E-state index in [1.807, 2.05) is 32.9 Å². The van der Waals surface area contributed by atoms with Crippen LogP contribution in [-0.2, 0) is 0 Å². The average Bonchev–Trinajstić information content (AvgIpc) is 2.42. The summed E-state index contributed by atoms with van der Waals surface area (Å²) in [5, 5.41) is 3.71. The lowest BCUT2D eigenvalue weighted by Gasteiger charge is -2.19. The van der Waals surface area contributed by atoms with E-state index in [1.54, 1.807) is 19.2 Å². The third-order valence-corrected chi connectivity index (χ3v) is 3.73. The van der Waals surface area contributed by atoms with E-state index in [9.17, 15) is 4.39 Å². The molecule has 1 unspecified atom stereocenters. The molecule has 0 aliphatic rings. The van der Waals surface area contributed by atoms with Crippen LogP contribution in [0.2, 0.25) is 5.02 Å². The lowest BCUT2D eigenvalue weighted by molar-refractivity contribution is 0.447. The minimum atomic E-state index is -0.279. The first kappa shape index (κ1) is 15.8. The van der Waals surface area contributed by atoms with Gasteiger partial charge in [-0.1, -0.05) is 17.7 Å². The average molecular weight is 308 g/mol. The summed E-state index contributed by atoms with van der Waals surface area (Å²) in [6, 6.07) is 8.40. The van der Waals surface area contributed by atoms with Crippen molar-refractivity contribution in [2.45, 2.75) is 26.8 Å². The molecule has 2 aromatic carbocycles. The van der Waals surface area contributed by atoms with Gasteiger partial charge in [-0.3, -0.25) is 0 Å². The second kappa shape index (κ2) is 6.46. The monoisotopic (exact) mass is 307 g/mol. The SMILES string of the molecule is CNC(C)c1c(F)cccc1Oc1c(C)cc(Cl)cc1C. The van der Waals surface area contributed by atoms with Crippen LogP contribution in [-0.4, -0.2) is 7.05 Å². The van der Waals surface area contributed by atoms with Crippen LogP contribution >= 0.6 is 11.6 Å². The number of halogens is 2. The summed E-state index contributed by atoms with van der Waals surface area (Å²) in [5.74, 6) is 0.957. The second-order valence-electron chi connectivity index (χ2n) is 5.13. The molecule has 0 aliphatic heterocycles. The van der Waals surface area contributed by atoms with Crippen LogP contribution in [0.15, 0.2) is 30.3 Å². The summed E-state index contributed by atoms with van der Waals surface area (Å²) in [7, 11) is 1.79. The van der Waals surface area contributed by atoms with Gasteiger partial charge in [0.05, 0.1) is 0 Å². The van der Waals surface area contributed by atoms with E-state index in [2.05, 4.69) is 5.32 Å². The highest BCUT2D eigenvalue weighted by Crippen LogP contribution is 2.35. The summed E-state index contributed by atoms with van der Waals surface area (Å²) < 4.78 is 20.1. The van der Waals surface area contributed by atoms with Gasteiger partial charge in [-0.15, -0.1) is 0 Å². The van der Waals surface area contributed by atoms with Crippen molar-refractivity contribution in [3.63, 3.8) is 0 Å². The maximum Gasteiger partial charge on any atom is 0.135 e. The van der Waals surface area contributed by atoms with Gasteiger partial charge >= 0.3 is 0 Å². The van der Waals surface area contributed by atoms with E-state index >= 15 is 0 Å². The Labute approximate surface area is 129 Å². The van der Waals surface area contributed by atoms with Gasteiger partial charge in [-0.2, -0.15) is 0 Å². The van der Waals surface area contributed by atoms with E-state index in [4.69, 9.17) is 16.3 Å². The van der Waals surface area contributed by atoms with Crippen molar-refractivity contribution in [3.05, 3.63) is 57.9 Å². The zero-order valence-electron chi connectivity index (χ0n) is 12.6. The van der Waals surface area contributed by atoms with Gasteiger partial charge in [0, 0.05) is 16.6 Å². The van der Waals surface area contributed by atoms with Crippen LogP contribution < -0.4 is 10.1 Å². The Morgan fingerprint density at radius 2 is 1.81 bits per heavy atom. The van der Waals surface area contributed by atoms with E-state index in [0.717, 1.165) is 16.9 Å². The Hall–Kier alpha value is -1.58. The first-order valence-corrected chi connectivity index (χ1v) is 7.22. The highest BCUT2D eigenvalue weighted by molar-refractivity contribution is 6.30. The molecule has 0 saturated heterocycles. The van der Waals surface area contributed by atoms with Crippen LogP contribution in [0.25, 0.3) is 0 Å². The molecular weight excluding hydrogens is 289 g/mol. The van der Waals surface area contributed by atoms with Gasteiger partial charge < -0.3 is 10.1 Å². The first-order chi connectivity index (χ1) is 9.93. The summed E-state index contributed by atoms with van der Waals surface area (Å²) >= 11 is 6.03. The van der Waals surface area contributed by atoms with Crippen molar-refractivity contribution in [3.8, 4) is 11.5 Å². The molecule has 0 saturated carbocycles. The lowest BCUT2D eigenvalue weighted by Crippen LogP contribution is -2.15. The topological polar surface area (TPSA) is 21.3 Å². The fourth-order valence-corrected chi connectivity index (χ4v) is 2.67. The highest BCUT2D eigenvalue weighted by atomic mass is 35.5. The molecule has 1 atom stereocenters. The second-order valence-corrected chi connectivity index (χ2v) is 5.57. The Balaban J connectivity index is 2.48. The van der Waals surface area contributed by atoms with Gasteiger partial charge in [-0.25, -0.2) is 4.39 Å². The molecule has 0 aromatic heterocycles. The lowest BCUT2D eigenvalue weighted by atomic mass is 10.1. The van der Waals surface area contributed by atoms with Crippen LogP contribution in [0.4, 0.5) is 4.39 Å². The fourth-order valence-electron chi connectivity index (χ4n) is 2.34. The molecule has 2 nitrogen and oxygen atoms in total. The van der Waals surface area contributed by atoms with Gasteiger partial charge in [0.1, 0.15) is 17.3 Å². The number of hydrogen-bond acceptors (Lipinski definition) is 2. The fraction of sp³-hybridized carbons (Fsp3) is 0.294. The number of ether oxygens (including phenoxy) is 1. The Morgan fingerprint density at radius 1 is 1.19 bits per heavy atom. The first-order valence-electron chi connectivity index (χ1n) is 6.84. The molecule has 0 bridgehead atoms. The van der Waals surface area contributed by atoms with Crippen molar-refractivity contribution in [2.24, 2.45) is 0 Å². The summed E-state index contributed by atoms with van der Waals surface area (Å²) in [5.41, 5.74) is 2.37. The molecule has 0 amide bonds. The van der Waals surface area contributed by atoms with Crippen molar-refractivity contribution >= 4 is 11.6 Å². The van der Waals surface area contributed by atoms with Crippen LogP contribution in [0, 0.1) is 19.7 Å². The van der Waals surface area contributed by atoms with Gasteiger partial charge in [-0.05, 0) is 63.2 Å². The van der Waals surface area contributed by atoms with Gasteiger partial charge in [0.2, 0.25) is 0 Å². The molecule has 0 fully saturated rings. The Kier molecular flexibility index (Phi) is 4.86. The van der Waals surface area contributed by atoms with Gasteiger partial charge in [0.15, 0.2) is 0 Å². The van der Waals surface area contributed by atoms with E-state index in [0.29, 0.717) is 16.3 Å². The molecular formula is C17H19ClFNO. The predicted octanol–water partition coefficient (Wildman–Crippen LogP) is 5.17.